The Morgan fingerprint density at radius 2 is 1.97 bits per heavy atom. The van der Waals surface area contributed by atoms with Crippen LogP contribution in [0.2, 0.25) is 0 Å². The van der Waals surface area contributed by atoms with Gasteiger partial charge in [0.05, 0.1) is 39.0 Å². The summed E-state index contributed by atoms with van der Waals surface area (Å²) in [4.78, 5) is 28.4. The van der Waals surface area contributed by atoms with Crippen LogP contribution in [0, 0.1) is 0 Å². The third-order valence-corrected chi connectivity index (χ3v) is 8.33. The second-order valence-corrected chi connectivity index (χ2v) is 11.3. The zero-order valence-corrected chi connectivity index (χ0v) is 22.2. The van der Waals surface area contributed by atoms with Gasteiger partial charge < -0.3 is 33.9 Å². The average molecular weight is 533 g/mol. The van der Waals surface area contributed by atoms with Crippen LogP contribution in [0.1, 0.15) is 64.4 Å². The normalized spacial score (nSPS) is 27.7. The second kappa shape index (κ2) is 9.73. The minimum absolute atomic E-state index is 0.0256. The second-order valence-electron chi connectivity index (χ2n) is 11.3. The van der Waals surface area contributed by atoms with Crippen molar-refractivity contribution in [2.45, 2.75) is 81.1 Å². The smallest absolute Gasteiger partial charge is 0.339 e. The largest absolute Gasteiger partial charge is 0.497 e. The van der Waals surface area contributed by atoms with Crippen molar-refractivity contribution in [3.63, 3.8) is 0 Å². The Morgan fingerprint density at radius 3 is 2.68 bits per heavy atom. The minimum atomic E-state index is -2.27. The van der Waals surface area contributed by atoms with Crippen LogP contribution in [0.5, 0.6) is 11.5 Å². The number of hydrogen-bond donors (Lipinski definition) is 2. The van der Waals surface area contributed by atoms with Crippen molar-refractivity contribution < 1.29 is 44.9 Å². The lowest BCUT2D eigenvalue weighted by Gasteiger charge is -2.39. The van der Waals surface area contributed by atoms with Gasteiger partial charge in [-0.15, -0.1) is 0 Å². The van der Waals surface area contributed by atoms with Gasteiger partial charge in [-0.1, -0.05) is 0 Å². The molecule has 38 heavy (non-hydrogen) atoms. The van der Waals surface area contributed by atoms with Gasteiger partial charge in [0.25, 0.3) is 0 Å². The van der Waals surface area contributed by atoms with Crippen LogP contribution in [0.4, 0.5) is 0 Å². The molecule has 3 aliphatic heterocycles. The van der Waals surface area contributed by atoms with Gasteiger partial charge in [-0.25, -0.2) is 4.79 Å². The molecule has 208 valence electrons. The lowest BCUT2D eigenvalue weighted by molar-refractivity contribution is -0.179. The fraction of sp³-hybridized carbons (Fsp3) is 0.643. The predicted molar refractivity (Wildman–Crippen MR) is 135 cm³/mol. The number of nitrogens with zero attached hydrogens (tertiary/aromatic N) is 1. The Bertz CT molecular complexity index is 1160. The molecule has 4 atom stereocenters. The van der Waals surface area contributed by atoms with Crippen LogP contribution in [-0.4, -0.2) is 84.0 Å². The zero-order valence-electron chi connectivity index (χ0n) is 23.2. The standard InChI is InChI=1S/C28H37NO9/c1-26(2,32)8-9-28(33,15-22(30)35-4)25(31)38-24-21(34-3)14-27-7-5-10-29(27)11-6-17-12-19-20(37-16-36-19)13-18(17)23(24)27/h12-14,23-24,32-33H,5-11,15-16H2,1-4H3/t23-,24?,27+,28?/m1/s1/i4D. The van der Waals surface area contributed by atoms with Crippen molar-refractivity contribution in [3.8, 4) is 11.5 Å². The summed E-state index contributed by atoms with van der Waals surface area (Å²) >= 11 is 0. The third kappa shape index (κ3) is 4.63. The predicted octanol–water partition coefficient (Wildman–Crippen LogP) is 2.19. The molecule has 10 nitrogen and oxygen atoms in total. The number of carbonyl (C=O) groups excluding carboxylic acids is 2. The number of hydrogen-bond acceptors (Lipinski definition) is 10. The Hall–Kier alpha value is -2.82. The Balaban J connectivity index is 1.52. The highest BCUT2D eigenvalue weighted by Gasteiger charge is 2.59. The molecule has 1 aromatic rings. The molecule has 1 spiro atoms. The molecule has 0 bridgehead atoms. The summed E-state index contributed by atoms with van der Waals surface area (Å²) in [5.74, 6) is -0.458. The van der Waals surface area contributed by atoms with Crippen molar-refractivity contribution in [1.82, 2.24) is 4.90 Å². The minimum Gasteiger partial charge on any atom is -0.497 e. The first-order valence-electron chi connectivity index (χ1n) is 13.8. The molecule has 1 aromatic carbocycles. The summed E-state index contributed by atoms with van der Waals surface area (Å²) < 4.78 is 35.1. The van der Waals surface area contributed by atoms with Gasteiger partial charge in [-0.05, 0) is 81.8 Å². The van der Waals surface area contributed by atoms with Crippen LogP contribution in [0.25, 0.3) is 0 Å². The summed E-state index contributed by atoms with van der Waals surface area (Å²) in [6, 6.07) is 3.96. The van der Waals surface area contributed by atoms with E-state index in [1.807, 2.05) is 18.2 Å². The number of carbonyl (C=O) groups is 2. The van der Waals surface area contributed by atoms with Gasteiger partial charge >= 0.3 is 11.9 Å². The van der Waals surface area contributed by atoms with Gasteiger partial charge in [-0.3, -0.25) is 9.69 Å². The number of methoxy groups -OCH3 is 2. The molecule has 1 aliphatic carbocycles. The lowest BCUT2D eigenvalue weighted by atomic mass is 9.77. The van der Waals surface area contributed by atoms with Gasteiger partial charge in [0, 0.05) is 6.54 Å². The maximum absolute atomic E-state index is 13.7. The van der Waals surface area contributed by atoms with Crippen molar-refractivity contribution >= 4 is 11.9 Å². The number of benzene rings is 1. The Morgan fingerprint density at radius 1 is 1.21 bits per heavy atom. The number of rotatable bonds is 8. The van der Waals surface area contributed by atoms with Crippen molar-refractivity contribution in [2.75, 3.05) is 34.1 Å². The summed E-state index contributed by atoms with van der Waals surface area (Å²) in [6.07, 6.45) is 2.86. The summed E-state index contributed by atoms with van der Waals surface area (Å²) in [7, 11) is 0.891. The highest BCUT2D eigenvalue weighted by Crippen LogP contribution is 2.55. The van der Waals surface area contributed by atoms with E-state index in [1.165, 1.54) is 7.11 Å². The van der Waals surface area contributed by atoms with E-state index in [1.54, 1.807) is 13.8 Å². The molecule has 0 amide bonds. The fourth-order valence-electron chi connectivity index (χ4n) is 6.38. The Kier molecular flexibility index (Phi) is 6.52. The van der Waals surface area contributed by atoms with Crippen molar-refractivity contribution in [3.05, 3.63) is 35.1 Å². The fourth-order valence-corrected chi connectivity index (χ4v) is 6.38. The first kappa shape index (κ1) is 25.5. The summed E-state index contributed by atoms with van der Waals surface area (Å²) in [5, 5.41) is 21.7. The summed E-state index contributed by atoms with van der Waals surface area (Å²) in [6.45, 7) is 4.94. The maximum Gasteiger partial charge on any atom is 0.339 e. The molecule has 3 heterocycles. The van der Waals surface area contributed by atoms with Gasteiger partial charge in [-0.2, -0.15) is 0 Å². The molecule has 2 unspecified atom stereocenters. The molecule has 0 saturated carbocycles. The lowest BCUT2D eigenvalue weighted by Crippen LogP contribution is -2.49. The maximum atomic E-state index is 13.7. The van der Waals surface area contributed by atoms with Crippen molar-refractivity contribution in [2.24, 2.45) is 0 Å². The van der Waals surface area contributed by atoms with E-state index in [-0.39, 0.29) is 25.6 Å². The molecule has 1 saturated heterocycles. The van der Waals surface area contributed by atoms with E-state index < -0.39 is 48.3 Å². The first-order chi connectivity index (χ1) is 18.5. The highest BCUT2D eigenvalue weighted by atomic mass is 16.7. The number of aliphatic hydroxyl groups is 2. The Labute approximate surface area is 223 Å². The van der Waals surface area contributed by atoms with E-state index in [4.69, 9.17) is 25.1 Å². The average Bonchev–Trinajstić information content (AvgIpc) is 3.56. The molecule has 4 aliphatic rings. The third-order valence-electron chi connectivity index (χ3n) is 8.33. The number of ether oxygens (including phenoxy) is 5. The van der Waals surface area contributed by atoms with Crippen LogP contribution in [0.3, 0.4) is 0 Å². The van der Waals surface area contributed by atoms with E-state index in [9.17, 15) is 19.8 Å². The van der Waals surface area contributed by atoms with E-state index in [2.05, 4.69) is 4.90 Å². The molecule has 5 rings (SSSR count). The monoisotopic (exact) mass is 532 g/mol. The van der Waals surface area contributed by atoms with Gasteiger partial charge in [0.15, 0.2) is 23.2 Å². The SMILES string of the molecule is [2H]COC(=O)CC(O)(CCC(C)(C)O)C(=O)OC1C(OC)=C[C@]23CCCN2CCc2cc4c(cc2[C@H]13)OCO4. The molecule has 0 aromatic heterocycles. The van der Waals surface area contributed by atoms with E-state index in [0.717, 1.165) is 43.5 Å². The van der Waals surface area contributed by atoms with E-state index in [0.29, 0.717) is 17.3 Å². The topological polar surface area (TPSA) is 124 Å². The van der Waals surface area contributed by atoms with Crippen LogP contribution >= 0.6 is 0 Å². The number of fused-ring (bicyclic) bond motifs is 3. The highest BCUT2D eigenvalue weighted by molar-refractivity contribution is 5.86. The van der Waals surface area contributed by atoms with Crippen molar-refractivity contribution in [1.29, 1.82) is 0 Å². The van der Waals surface area contributed by atoms with Crippen LogP contribution in [0.15, 0.2) is 24.0 Å². The molecular formula is C28H37NO9. The van der Waals surface area contributed by atoms with Crippen LogP contribution in [-0.2, 0) is 30.2 Å². The number of esters is 2. The molecule has 1 fully saturated rings. The van der Waals surface area contributed by atoms with Gasteiger partial charge in [0.1, 0.15) is 5.76 Å². The van der Waals surface area contributed by atoms with E-state index >= 15 is 0 Å². The quantitative estimate of drug-likeness (QED) is 0.482. The molecule has 2 N–H and O–H groups in total. The van der Waals surface area contributed by atoms with Gasteiger partial charge in [0.2, 0.25) is 6.79 Å². The molecule has 10 heteroatoms. The first-order valence-corrected chi connectivity index (χ1v) is 13.0. The zero-order chi connectivity index (χ0) is 28.0. The molecular weight excluding hydrogens is 494 g/mol. The summed E-state index contributed by atoms with van der Waals surface area (Å²) in [5.41, 5.74) is -1.88. The molecule has 0 radical (unpaired) electrons. The van der Waals surface area contributed by atoms with Crippen LogP contribution < -0.4 is 9.47 Å².